The van der Waals surface area contributed by atoms with E-state index in [-0.39, 0.29) is 17.9 Å². The Morgan fingerprint density at radius 1 is 1.20 bits per heavy atom. The van der Waals surface area contributed by atoms with Crippen LogP contribution >= 0.6 is 0 Å². The molecule has 2 heterocycles. The van der Waals surface area contributed by atoms with Gasteiger partial charge in [-0.25, -0.2) is 0 Å². The molecular formula is C14H26N4O2. The van der Waals surface area contributed by atoms with Crippen molar-refractivity contribution >= 4 is 11.8 Å². The Balaban J connectivity index is 2.09. The summed E-state index contributed by atoms with van der Waals surface area (Å²) in [4.78, 5) is 30.7. The standard InChI is InChI=1S/C14H26N4O2/c1-11(17-7-5-15-6-8-17)12(19)18-10-9-16(4)13(20)14(18,2)3/h11,15H,5-10H2,1-4H3. The van der Waals surface area contributed by atoms with Gasteiger partial charge in [0.05, 0.1) is 6.04 Å². The summed E-state index contributed by atoms with van der Waals surface area (Å²) in [5, 5.41) is 3.29. The third-order valence-corrected chi connectivity index (χ3v) is 4.53. The number of likely N-dealkylation sites (N-methyl/N-ethyl adjacent to an activating group) is 1. The number of hydrogen-bond donors (Lipinski definition) is 1. The Morgan fingerprint density at radius 3 is 2.40 bits per heavy atom. The van der Waals surface area contributed by atoms with Gasteiger partial charge in [-0.3, -0.25) is 14.5 Å². The van der Waals surface area contributed by atoms with Crippen molar-refractivity contribution in [2.75, 3.05) is 46.3 Å². The zero-order valence-electron chi connectivity index (χ0n) is 13.0. The maximum absolute atomic E-state index is 12.8. The molecule has 6 heteroatoms. The summed E-state index contributed by atoms with van der Waals surface area (Å²) < 4.78 is 0. The molecule has 2 saturated heterocycles. The Morgan fingerprint density at radius 2 is 1.80 bits per heavy atom. The van der Waals surface area contributed by atoms with Crippen LogP contribution in [-0.2, 0) is 9.59 Å². The lowest BCUT2D eigenvalue weighted by molar-refractivity contribution is -0.160. The smallest absolute Gasteiger partial charge is 0.247 e. The maximum Gasteiger partial charge on any atom is 0.247 e. The highest BCUT2D eigenvalue weighted by Gasteiger charge is 2.44. The summed E-state index contributed by atoms with van der Waals surface area (Å²) in [6.45, 7) is 10.5. The molecule has 1 atom stereocenters. The third-order valence-electron chi connectivity index (χ3n) is 4.53. The zero-order valence-corrected chi connectivity index (χ0v) is 13.0. The van der Waals surface area contributed by atoms with Crippen LogP contribution in [-0.4, -0.2) is 84.4 Å². The fourth-order valence-electron chi connectivity index (χ4n) is 3.05. The summed E-state index contributed by atoms with van der Waals surface area (Å²) in [6.07, 6.45) is 0. The van der Waals surface area contributed by atoms with E-state index in [2.05, 4.69) is 10.2 Å². The normalized spacial score (nSPS) is 25.7. The fraction of sp³-hybridized carbons (Fsp3) is 0.857. The molecule has 2 aliphatic heterocycles. The number of nitrogens with one attached hydrogen (secondary N) is 1. The zero-order chi connectivity index (χ0) is 14.9. The van der Waals surface area contributed by atoms with E-state index >= 15 is 0 Å². The topological polar surface area (TPSA) is 55.9 Å². The fourth-order valence-corrected chi connectivity index (χ4v) is 3.05. The third kappa shape index (κ3) is 2.67. The molecule has 20 heavy (non-hydrogen) atoms. The Labute approximate surface area is 121 Å². The van der Waals surface area contributed by atoms with Crippen LogP contribution < -0.4 is 5.32 Å². The summed E-state index contributed by atoms with van der Waals surface area (Å²) in [5.41, 5.74) is -0.744. The van der Waals surface area contributed by atoms with Gasteiger partial charge >= 0.3 is 0 Å². The Hall–Kier alpha value is -1.14. The van der Waals surface area contributed by atoms with Crippen molar-refractivity contribution in [3.63, 3.8) is 0 Å². The number of carbonyl (C=O) groups is 2. The van der Waals surface area contributed by atoms with Crippen molar-refractivity contribution in [1.29, 1.82) is 0 Å². The van der Waals surface area contributed by atoms with Crippen molar-refractivity contribution in [2.24, 2.45) is 0 Å². The molecule has 2 rings (SSSR count). The monoisotopic (exact) mass is 282 g/mol. The Bertz CT molecular complexity index is 391. The largest absolute Gasteiger partial charge is 0.342 e. The van der Waals surface area contributed by atoms with Crippen LogP contribution in [0, 0.1) is 0 Å². The number of piperazine rings is 2. The van der Waals surface area contributed by atoms with E-state index in [1.54, 1.807) is 16.8 Å². The molecule has 6 nitrogen and oxygen atoms in total. The van der Waals surface area contributed by atoms with Crippen LogP contribution in [0.5, 0.6) is 0 Å². The van der Waals surface area contributed by atoms with E-state index in [1.807, 2.05) is 20.8 Å². The second-order valence-corrected chi connectivity index (χ2v) is 6.24. The van der Waals surface area contributed by atoms with Crippen LogP contribution in [0.3, 0.4) is 0 Å². The average Bonchev–Trinajstić information content (AvgIpc) is 2.44. The quantitative estimate of drug-likeness (QED) is 0.732. The molecule has 0 spiro atoms. The van der Waals surface area contributed by atoms with Crippen molar-refractivity contribution in [2.45, 2.75) is 32.4 Å². The molecule has 0 bridgehead atoms. The molecule has 1 unspecified atom stereocenters. The Kier molecular flexibility index (Phi) is 4.34. The first-order valence-electron chi connectivity index (χ1n) is 7.37. The molecule has 2 amide bonds. The van der Waals surface area contributed by atoms with Gasteiger partial charge in [-0.1, -0.05) is 0 Å². The molecule has 114 valence electrons. The van der Waals surface area contributed by atoms with Gasteiger partial charge in [0.1, 0.15) is 5.54 Å². The number of rotatable bonds is 2. The van der Waals surface area contributed by atoms with Gasteiger partial charge in [0.2, 0.25) is 11.8 Å². The minimum atomic E-state index is -0.744. The molecular weight excluding hydrogens is 256 g/mol. The van der Waals surface area contributed by atoms with Gasteiger partial charge in [0, 0.05) is 46.3 Å². The molecule has 0 aromatic heterocycles. The van der Waals surface area contributed by atoms with E-state index in [1.165, 1.54) is 0 Å². The van der Waals surface area contributed by atoms with E-state index in [4.69, 9.17) is 0 Å². The summed E-state index contributed by atoms with van der Waals surface area (Å²) in [5.74, 6) is 0.0861. The van der Waals surface area contributed by atoms with Crippen molar-refractivity contribution in [1.82, 2.24) is 20.0 Å². The van der Waals surface area contributed by atoms with E-state index < -0.39 is 5.54 Å². The van der Waals surface area contributed by atoms with Crippen molar-refractivity contribution in [3.05, 3.63) is 0 Å². The van der Waals surface area contributed by atoms with E-state index in [0.29, 0.717) is 13.1 Å². The van der Waals surface area contributed by atoms with Gasteiger partial charge in [-0.05, 0) is 20.8 Å². The lowest BCUT2D eigenvalue weighted by Gasteiger charge is -2.46. The number of hydrogen-bond acceptors (Lipinski definition) is 4. The van der Waals surface area contributed by atoms with Crippen LogP contribution in [0.2, 0.25) is 0 Å². The van der Waals surface area contributed by atoms with Gasteiger partial charge in [-0.2, -0.15) is 0 Å². The maximum atomic E-state index is 12.8. The van der Waals surface area contributed by atoms with Crippen LogP contribution in [0.15, 0.2) is 0 Å². The first-order valence-corrected chi connectivity index (χ1v) is 7.37. The number of amides is 2. The van der Waals surface area contributed by atoms with Crippen LogP contribution in [0.1, 0.15) is 20.8 Å². The predicted molar refractivity (Wildman–Crippen MR) is 77.3 cm³/mol. The minimum absolute atomic E-state index is 0.0182. The predicted octanol–water partition coefficient (Wildman–Crippen LogP) is -0.641. The molecule has 0 saturated carbocycles. The average molecular weight is 282 g/mol. The molecule has 0 radical (unpaired) electrons. The molecule has 1 N–H and O–H groups in total. The lowest BCUT2D eigenvalue weighted by atomic mass is 9.96. The van der Waals surface area contributed by atoms with Gasteiger partial charge in [0.15, 0.2) is 0 Å². The van der Waals surface area contributed by atoms with Crippen LogP contribution in [0.4, 0.5) is 0 Å². The first-order chi connectivity index (χ1) is 9.35. The number of carbonyl (C=O) groups excluding carboxylic acids is 2. The molecule has 0 aliphatic carbocycles. The van der Waals surface area contributed by atoms with Gasteiger partial charge in [0.25, 0.3) is 0 Å². The van der Waals surface area contributed by atoms with Crippen molar-refractivity contribution in [3.8, 4) is 0 Å². The van der Waals surface area contributed by atoms with E-state index in [9.17, 15) is 9.59 Å². The summed E-state index contributed by atoms with van der Waals surface area (Å²) in [6, 6.07) is -0.160. The van der Waals surface area contributed by atoms with Crippen LogP contribution in [0.25, 0.3) is 0 Å². The molecule has 0 aromatic carbocycles. The molecule has 2 aliphatic rings. The lowest BCUT2D eigenvalue weighted by Crippen LogP contribution is -2.66. The minimum Gasteiger partial charge on any atom is -0.342 e. The number of nitrogens with zero attached hydrogens (tertiary/aromatic N) is 3. The first kappa shape index (κ1) is 15.3. The second kappa shape index (κ2) is 5.69. The van der Waals surface area contributed by atoms with Crippen molar-refractivity contribution < 1.29 is 9.59 Å². The SMILES string of the molecule is CC(C(=O)N1CCN(C)C(=O)C1(C)C)N1CCNCC1. The second-order valence-electron chi connectivity index (χ2n) is 6.24. The highest BCUT2D eigenvalue weighted by molar-refractivity contribution is 5.93. The highest BCUT2D eigenvalue weighted by atomic mass is 16.2. The highest BCUT2D eigenvalue weighted by Crippen LogP contribution is 2.23. The van der Waals surface area contributed by atoms with Gasteiger partial charge < -0.3 is 15.1 Å². The summed E-state index contributed by atoms with van der Waals surface area (Å²) in [7, 11) is 1.80. The van der Waals surface area contributed by atoms with E-state index in [0.717, 1.165) is 26.2 Å². The molecule has 2 fully saturated rings. The van der Waals surface area contributed by atoms with Gasteiger partial charge in [-0.15, -0.1) is 0 Å². The molecule has 0 aromatic rings. The summed E-state index contributed by atoms with van der Waals surface area (Å²) >= 11 is 0.